The second kappa shape index (κ2) is 7.26. The first-order valence-corrected chi connectivity index (χ1v) is 8.39. The molecule has 1 aromatic rings. The molecule has 1 amide bonds. The monoisotopic (exact) mass is 349 g/mol. The molecule has 0 saturated carbocycles. The topological polar surface area (TPSA) is 76.4 Å². The molecule has 1 heterocycles. The third-order valence-corrected chi connectivity index (χ3v) is 4.27. The van der Waals surface area contributed by atoms with E-state index in [1.807, 2.05) is 37.8 Å². The molecule has 0 aliphatic carbocycles. The van der Waals surface area contributed by atoms with Gasteiger partial charge >= 0.3 is 0 Å². The van der Waals surface area contributed by atoms with Gasteiger partial charge in [-0.1, -0.05) is 32.4 Å². The number of rotatable bonds is 3. The molecule has 1 aromatic carbocycles. The standard InChI is InChI=1S/C18H24ClN3O2/c1-18(2,3)15(23)11-16(20)21-17(24)14-5-4-10-22(14)13-8-6-12(19)7-9-13/h6-9,11,14,23H,4-5,10H2,1-3H3,(H2,20,21,24)/b15-11-/t14-/m0/s1. The molecule has 2 rings (SSSR count). The zero-order chi connectivity index (χ0) is 17.9. The molecule has 0 aromatic heterocycles. The molecule has 1 saturated heterocycles. The van der Waals surface area contributed by atoms with Crippen LogP contribution in [0.4, 0.5) is 5.69 Å². The Morgan fingerprint density at radius 2 is 2.00 bits per heavy atom. The number of amides is 1. The van der Waals surface area contributed by atoms with Crippen LogP contribution in [0.2, 0.25) is 5.02 Å². The lowest BCUT2D eigenvalue weighted by Crippen LogP contribution is -2.45. The molecule has 1 aliphatic rings. The van der Waals surface area contributed by atoms with E-state index in [-0.39, 0.29) is 23.5 Å². The van der Waals surface area contributed by atoms with Gasteiger partial charge in [0, 0.05) is 28.7 Å². The highest BCUT2D eigenvalue weighted by molar-refractivity contribution is 6.30. The number of hydrogen-bond donors (Lipinski definition) is 3. The molecule has 1 fully saturated rings. The zero-order valence-electron chi connectivity index (χ0n) is 14.3. The van der Waals surface area contributed by atoms with E-state index < -0.39 is 5.41 Å². The summed E-state index contributed by atoms with van der Waals surface area (Å²) in [5.74, 6) is -0.269. The van der Waals surface area contributed by atoms with Gasteiger partial charge in [0.2, 0.25) is 5.91 Å². The number of anilines is 1. The van der Waals surface area contributed by atoms with E-state index in [1.54, 1.807) is 12.1 Å². The number of allylic oxidation sites excluding steroid dienone is 1. The largest absolute Gasteiger partial charge is 0.512 e. The van der Waals surface area contributed by atoms with Crippen LogP contribution in [0.3, 0.4) is 0 Å². The maximum Gasteiger partial charge on any atom is 0.248 e. The maximum absolute atomic E-state index is 12.5. The van der Waals surface area contributed by atoms with E-state index in [0.717, 1.165) is 25.1 Å². The molecule has 130 valence electrons. The Balaban J connectivity index is 2.06. The summed E-state index contributed by atoms with van der Waals surface area (Å²) in [5, 5.41) is 21.1. The first kappa shape index (κ1) is 18.3. The van der Waals surface area contributed by atoms with Crippen molar-refractivity contribution < 1.29 is 9.90 Å². The summed E-state index contributed by atoms with van der Waals surface area (Å²) in [5.41, 5.74) is 0.483. The highest BCUT2D eigenvalue weighted by Crippen LogP contribution is 2.27. The first-order valence-electron chi connectivity index (χ1n) is 8.01. The summed E-state index contributed by atoms with van der Waals surface area (Å²) in [7, 11) is 0. The summed E-state index contributed by atoms with van der Waals surface area (Å²) >= 11 is 5.92. The highest BCUT2D eigenvalue weighted by atomic mass is 35.5. The molecule has 5 nitrogen and oxygen atoms in total. The Kier molecular flexibility index (Phi) is 5.54. The van der Waals surface area contributed by atoms with Crippen LogP contribution in [0.15, 0.2) is 36.1 Å². The van der Waals surface area contributed by atoms with E-state index in [4.69, 9.17) is 17.0 Å². The summed E-state index contributed by atoms with van der Waals surface area (Å²) < 4.78 is 0. The quantitative estimate of drug-likeness (QED) is 0.440. The molecule has 0 bridgehead atoms. The van der Waals surface area contributed by atoms with Crippen LogP contribution in [0.5, 0.6) is 0 Å². The van der Waals surface area contributed by atoms with Crippen LogP contribution in [0.25, 0.3) is 0 Å². The third kappa shape index (κ3) is 4.51. The number of hydrogen-bond acceptors (Lipinski definition) is 4. The number of aliphatic hydroxyl groups excluding tert-OH is 1. The fraction of sp³-hybridized carbons (Fsp3) is 0.444. The summed E-state index contributed by atoms with van der Waals surface area (Å²) in [4.78, 5) is 14.5. The van der Waals surface area contributed by atoms with Crippen molar-refractivity contribution in [3.63, 3.8) is 0 Å². The molecule has 0 unspecified atom stereocenters. The minimum Gasteiger partial charge on any atom is -0.512 e. The number of carbonyl (C=O) groups excluding carboxylic acids is 1. The first-order chi connectivity index (χ1) is 11.2. The highest BCUT2D eigenvalue weighted by Gasteiger charge is 2.31. The Morgan fingerprint density at radius 1 is 1.38 bits per heavy atom. The molecule has 1 aliphatic heterocycles. The molecule has 0 spiro atoms. The van der Waals surface area contributed by atoms with E-state index in [1.165, 1.54) is 6.08 Å². The van der Waals surface area contributed by atoms with E-state index in [0.29, 0.717) is 5.02 Å². The average molecular weight is 350 g/mol. The lowest BCUT2D eigenvalue weighted by molar-refractivity contribution is -0.120. The van der Waals surface area contributed by atoms with Gasteiger partial charge in [-0.3, -0.25) is 10.2 Å². The van der Waals surface area contributed by atoms with Gasteiger partial charge in [0.15, 0.2) is 0 Å². The predicted molar refractivity (Wildman–Crippen MR) is 97.9 cm³/mol. The van der Waals surface area contributed by atoms with Crippen LogP contribution in [-0.2, 0) is 4.79 Å². The summed E-state index contributed by atoms with van der Waals surface area (Å²) in [6.45, 7) is 6.31. The maximum atomic E-state index is 12.5. The molecule has 6 heteroatoms. The minimum absolute atomic E-state index is 0.0637. The van der Waals surface area contributed by atoms with Crippen LogP contribution in [0, 0.1) is 10.8 Å². The van der Waals surface area contributed by atoms with Crippen molar-refractivity contribution in [3.8, 4) is 0 Å². The van der Waals surface area contributed by atoms with Gasteiger partial charge in [-0.25, -0.2) is 0 Å². The number of nitrogens with zero attached hydrogens (tertiary/aromatic N) is 1. The van der Waals surface area contributed by atoms with Gasteiger partial charge in [0.1, 0.15) is 17.6 Å². The molecule has 24 heavy (non-hydrogen) atoms. The number of carbonyl (C=O) groups is 1. The number of aliphatic hydroxyl groups is 1. The smallest absolute Gasteiger partial charge is 0.248 e. The Hall–Kier alpha value is -2.01. The number of benzene rings is 1. The minimum atomic E-state index is -0.459. The predicted octanol–water partition coefficient (Wildman–Crippen LogP) is 3.89. The van der Waals surface area contributed by atoms with Crippen LogP contribution in [0.1, 0.15) is 33.6 Å². The number of nitrogens with one attached hydrogen (secondary N) is 2. The van der Waals surface area contributed by atoms with E-state index >= 15 is 0 Å². The Bertz CT molecular complexity index is 647. The molecule has 0 radical (unpaired) electrons. The van der Waals surface area contributed by atoms with Crippen LogP contribution < -0.4 is 10.2 Å². The second-order valence-corrected chi connectivity index (χ2v) is 7.45. The zero-order valence-corrected chi connectivity index (χ0v) is 15.0. The second-order valence-electron chi connectivity index (χ2n) is 7.01. The average Bonchev–Trinajstić information content (AvgIpc) is 2.96. The van der Waals surface area contributed by atoms with Crippen molar-refractivity contribution in [3.05, 3.63) is 41.1 Å². The van der Waals surface area contributed by atoms with Crippen molar-refractivity contribution in [1.29, 1.82) is 5.41 Å². The van der Waals surface area contributed by atoms with Gasteiger partial charge in [0.25, 0.3) is 0 Å². The fourth-order valence-corrected chi connectivity index (χ4v) is 2.71. The van der Waals surface area contributed by atoms with Gasteiger partial charge in [-0.05, 0) is 37.1 Å². The van der Waals surface area contributed by atoms with Crippen molar-refractivity contribution in [2.24, 2.45) is 5.41 Å². The van der Waals surface area contributed by atoms with Gasteiger partial charge in [-0.15, -0.1) is 0 Å². The number of halogens is 1. The molecule has 3 N–H and O–H groups in total. The SMILES string of the molecule is CC(C)(C)/C(O)=C/C(=N)NC(=O)[C@@H]1CCCN1c1ccc(Cl)cc1. The normalized spacial score (nSPS) is 18.6. The van der Waals surface area contributed by atoms with Crippen molar-refractivity contribution in [1.82, 2.24) is 5.32 Å². The number of amidine groups is 1. The van der Waals surface area contributed by atoms with E-state index in [9.17, 15) is 9.90 Å². The third-order valence-electron chi connectivity index (χ3n) is 4.02. The van der Waals surface area contributed by atoms with Crippen LogP contribution >= 0.6 is 11.6 Å². The van der Waals surface area contributed by atoms with E-state index in [2.05, 4.69) is 5.32 Å². The van der Waals surface area contributed by atoms with Crippen LogP contribution in [-0.4, -0.2) is 29.4 Å². The van der Waals surface area contributed by atoms with Crippen molar-refractivity contribution >= 4 is 29.0 Å². The molecular weight excluding hydrogens is 326 g/mol. The Morgan fingerprint density at radius 3 is 2.58 bits per heavy atom. The molecule has 1 atom stereocenters. The summed E-state index contributed by atoms with van der Waals surface area (Å²) in [6, 6.07) is 7.07. The lowest BCUT2D eigenvalue weighted by atomic mass is 9.93. The van der Waals surface area contributed by atoms with Gasteiger partial charge in [-0.2, -0.15) is 0 Å². The van der Waals surface area contributed by atoms with Gasteiger partial charge < -0.3 is 15.3 Å². The van der Waals surface area contributed by atoms with Gasteiger partial charge in [0.05, 0.1) is 0 Å². The molecular formula is C18H24ClN3O2. The summed E-state index contributed by atoms with van der Waals surface area (Å²) in [6.07, 6.45) is 2.94. The van der Waals surface area contributed by atoms with Crippen molar-refractivity contribution in [2.45, 2.75) is 39.7 Å². The fourth-order valence-electron chi connectivity index (χ4n) is 2.59. The lowest BCUT2D eigenvalue weighted by Gasteiger charge is -2.26. The van der Waals surface area contributed by atoms with Crippen molar-refractivity contribution in [2.75, 3.05) is 11.4 Å². The Labute approximate surface area is 147 Å².